The molecule has 0 amide bonds. The molecule has 0 fully saturated rings. The molecule has 5 heteroatoms. The van der Waals surface area contributed by atoms with Crippen LogP contribution in [0.1, 0.15) is 11.3 Å². The van der Waals surface area contributed by atoms with Crippen molar-refractivity contribution in [3.63, 3.8) is 0 Å². The normalized spacial score (nSPS) is 14.1. The molecule has 1 aliphatic heterocycles. The van der Waals surface area contributed by atoms with Gasteiger partial charge in [0.1, 0.15) is 5.82 Å². The van der Waals surface area contributed by atoms with E-state index in [0.717, 1.165) is 36.2 Å². The van der Waals surface area contributed by atoms with Crippen LogP contribution in [0.5, 0.6) is 0 Å². The average molecular weight is 255 g/mol. The molecule has 0 spiro atoms. The summed E-state index contributed by atoms with van der Waals surface area (Å²) >= 11 is 0. The second-order valence-corrected chi connectivity index (χ2v) is 4.65. The highest BCUT2D eigenvalue weighted by Crippen LogP contribution is 2.20. The van der Waals surface area contributed by atoms with E-state index >= 15 is 0 Å². The number of anilines is 1. The Bertz CT molecular complexity index is 627. The Balaban J connectivity index is 1.99. The van der Waals surface area contributed by atoms with Gasteiger partial charge in [-0.2, -0.15) is 5.10 Å². The van der Waals surface area contributed by atoms with Gasteiger partial charge < -0.3 is 10.6 Å². The molecule has 98 valence electrons. The van der Waals surface area contributed by atoms with Crippen LogP contribution in [0.15, 0.2) is 35.3 Å². The lowest BCUT2D eigenvalue weighted by molar-refractivity contribution is 0.862. The van der Waals surface area contributed by atoms with Crippen molar-refractivity contribution in [2.45, 2.75) is 13.8 Å². The van der Waals surface area contributed by atoms with Gasteiger partial charge in [0, 0.05) is 12.6 Å². The minimum absolute atomic E-state index is 0.815. The van der Waals surface area contributed by atoms with Gasteiger partial charge in [-0.05, 0) is 25.5 Å². The van der Waals surface area contributed by atoms with E-state index in [0.29, 0.717) is 0 Å². The summed E-state index contributed by atoms with van der Waals surface area (Å²) in [6.07, 6.45) is 0. The third-order valence-corrected chi connectivity index (χ3v) is 3.10. The minimum Gasteiger partial charge on any atom is -0.354 e. The van der Waals surface area contributed by atoms with Gasteiger partial charge >= 0.3 is 0 Å². The summed E-state index contributed by atoms with van der Waals surface area (Å²) in [6, 6.07) is 10.2. The number of hydrogen-bond acceptors (Lipinski definition) is 4. The van der Waals surface area contributed by atoms with Crippen molar-refractivity contribution in [3.8, 4) is 5.69 Å². The Morgan fingerprint density at radius 2 is 2.11 bits per heavy atom. The standard InChI is InChI=1S/C14H17N5/c1-10-5-3-4-6-12(10)19-13(9-11(2)18-19)17-14-15-7-8-16-14/h3-6,9H,7-8H2,1-2H3,(H2,15,16,17). The number of aliphatic imine (C=N–C) groups is 1. The maximum Gasteiger partial charge on any atom is 0.197 e. The van der Waals surface area contributed by atoms with Gasteiger partial charge in [-0.25, -0.2) is 4.68 Å². The number of guanidine groups is 1. The largest absolute Gasteiger partial charge is 0.354 e. The van der Waals surface area contributed by atoms with Gasteiger partial charge in [0.15, 0.2) is 5.96 Å². The maximum absolute atomic E-state index is 4.56. The van der Waals surface area contributed by atoms with Crippen LogP contribution in [0.3, 0.4) is 0 Å². The molecule has 5 nitrogen and oxygen atoms in total. The molecule has 1 aromatic carbocycles. The van der Waals surface area contributed by atoms with E-state index in [-0.39, 0.29) is 0 Å². The molecule has 0 saturated carbocycles. The summed E-state index contributed by atoms with van der Waals surface area (Å²) in [7, 11) is 0. The number of benzene rings is 1. The van der Waals surface area contributed by atoms with Crippen LogP contribution in [0.4, 0.5) is 5.82 Å². The first-order valence-electron chi connectivity index (χ1n) is 6.42. The molecule has 3 rings (SSSR count). The molecule has 2 heterocycles. The maximum atomic E-state index is 4.56. The van der Waals surface area contributed by atoms with E-state index < -0.39 is 0 Å². The third-order valence-electron chi connectivity index (χ3n) is 3.10. The minimum atomic E-state index is 0.815. The number of para-hydroxylation sites is 1. The molecular formula is C14H17N5. The number of nitrogens with zero attached hydrogens (tertiary/aromatic N) is 3. The average Bonchev–Trinajstić information content (AvgIpc) is 3.01. The monoisotopic (exact) mass is 255 g/mol. The fraction of sp³-hybridized carbons (Fsp3) is 0.286. The molecular weight excluding hydrogens is 238 g/mol. The molecule has 2 aromatic rings. The number of nitrogens with one attached hydrogen (secondary N) is 2. The van der Waals surface area contributed by atoms with Gasteiger partial charge in [-0.1, -0.05) is 18.2 Å². The zero-order valence-corrected chi connectivity index (χ0v) is 11.1. The Morgan fingerprint density at radius 3 is 2.84 bits per heavy atom. The zero-order valence-electron chi connectivity index (χ0n) is 11.1. The van der Waals surface area contributed by atoms with Crippen LogP contribution < -0.4 is 10.6 Å². The van der Waals surface area contributed by atoms with Crippen LogP contribution in [0.25, 0.3) is 5.69 Å². The number of aryl methyl sites for hydroxylation is 2. The summed E-state index contributed by atoms with van der Waals surface area (Å²) in [5.41, 5.74) is 3.25. The predicted octanol–water partition coefficient (Wildman–Crippen LogP) is 1.86. The first kappa shape index (κ1) is 11.8. The molecule has 0 aliphatic carbocycles. The lowest BCUT2D eigenvalue weighted by atomic mass is 10.2. The highest BCUT2D eigenvalue weighted by molar-refractivity contribution is 5.94. The van der Waals surface area contributed by atoms with E-state index in [9.17, 15) is 0 Å². The van der Waals surface area contributed by atoms with Crippen LogP contribution in [-0.4, -0.2) is 28.8 Å². The first-order chi connectivity index (χ1) is 9.24. The third kappa shape index (κ3) is 2.31. The Kier molecular flexibility index (Phi) is 2.95. The Morgan fingerprint density at radius 1 is 1.26 bits per heavy atom. The Hall–Kier alpha value is -2.30. The van der Waals surface area contributed by atoms with Crippen molar-refractivity contribution in [2.75, 3.05) is 18.4 Å². The molecule has 19 heavy (non-hydrogen) atoms. The van der Waals surface area contributed by atoms with Crippen molar-refractivity contribution >= 4 is 11.8 Å². The fourth-order valence-electron chi connectivity index (χ4n) is 2.18. The molecule has 1 aromatic heterocycles. The van der Waals surface area contributed by atoms with Gasteiger partial charge in [0.2, 0.25) is 0 Å². The fourth-order valence-corrected chi connectivity index (χ4v) is 2.18. The van der Waals surface area contributed by atoms with Crippen molar-refractivity contribution in [1.82, 2.24) is 15.1 Å². The van der Waals surface area contributed by atoms with Crippen molar-refractivity contribution in [2.24, 2.45) is 4.99 Å². The predicted molar refractivity (Wildman–Crippen MR) is 77.0 cm³/mol. The highest BCUT2D eigenvalue weighted by atomic mass is 15.4. The number of rotatable bonds is 2. The van der Waals surface area contributed by atoms with Crippen LogP contribution in [-0.2, 0) is 0 Å². The van der Waals surface area contributed by atoms with E-state index in [2.05, 4.69) is 39.8 Å². The van der Waals surface area contributed by atoms with Crippen molar-refractivity contribution < 1.29 is 0 Å². The molecule has 0 saturated heterocycles. The summed E-state index contributed by atoms with van der Waals surface area (Å²) in [5.74, 6) is 1.75. The van der Waals surface area contributed by atoms with Crippen molar-refractivity contribution in [1.29, 1.82) is 0 Å². The smallest absolute Gasteiger partial charge is 0.197 e. The number of aromatic nitrogens is 2. The van der Waals surface area contributed by atoms with Crippen molar-refractivity contribution in [3.05, 3.63) is 41.6 Å². The topological polar surface area (TPSA) is 54.2 Å². The zero-order chi connectivity index (χ0) is 13.2. The molecule has 0 unspecified atom stereocenters. The van der Waals surface area contributed by atoms with Crippen LogP contribution >= 0.6 is 0 Å². The van der Waals surface area contributed by atoms with Crippen LogP contribution in [0, 0.1) is 13.8 Å². The molecule has 0 atom stereocenters. The molecule has 0 bridgehead atoms. The Labute approximate surface area is 112 Å². The SMILES string of the molecule is Cc1cc(NC2=NCCN2)n(-c2ccccc2C)n1. The van der Waals surface area contributed by atoms with E-state index in [1.54, 1.807) is 0 Å². The highest BCUT2D eigenvalue weighted by Gasteiger charge is 2.12. The quantitative estimate of drug-likeness (QED) is 0.861. The van der Waals surface area contributed by atoms with Gasteiger partial charge in [-0.15, -0.1) is 0 Å². The first-order valence-corrected chi connectivity index (χ1v) is 6.42. The molecule has 2 N–H and O–H groups in total. The van der Waals surface area contributed by atoms with Gasteiger partial charge in [-0.3, -0.25) is 4.99 Å². The lowest BCUT2D eigenvalue weighted by Crippen LogP contribution is -2.27. The van der Waals surface area contributed by atoms with Gasteiger partial charge in [0.25, 0.3) is 0 Å². The van der Waals surface area contributed by atoms with Gasteiger partial charge in [0.05, 0.1) is 17.9 Å². The second-order valence-electron chi connectivity index (χ2n) is 4.65. The summed E-state index contributed by atoms with van der Waals surface area (Å²) < 4.78 is 1.92. The summed E-state index contributed by atoms with van der Waals surface area (Å²) in [6.45, 7) is 5.78. The molecule has 0 radical (unpaired) electrons. The van der Waals surface area contributed by atoms with E-state index in [1.807, 2.05) is 29.8 Å². The lowest BCUT2D eigenvalue weighted by Gasteiger charge is -2.11. The van der Waals surface area contributed by atoms with Crippen LogP contribution in [0.2, 0.25) is 0 Å². The molecule has 1 aliphatic rings. The second kappa shape index (κ2) is 4.76. The number of hydrogen-bond donors (Lipinski definition) is 2. The summed E-state index contributed by atoms with van der Waals surface area (Å²) in [4.78, 5) is 4.35. The van der Waals surface area contributed by atoms with E-state index in [4.69, 9.17) is 0 Å². The van der Waals surface area contributed by atoms with E-state index in [1.165, 1.54) is 5.56 Å². The summed E-state index contributed by atoms with van der Waals surface area (Å²) in [5, 5.41) is 11.1.